The first-order valence-electron chi connectivity index (χ1n) is 5.74. The molecule has 1 fully saturated rings. The molecule has 1 atom stereocenters. The van der Waals surface area contributed by atoms with Gasteiger partial charge in [0.1, 0.15) is 29.8 Å². The van der Waals surface area contributed by atoms with Crippen LogP contribution in [-0.2, 0) is 0 Å². The Morgan fingerprint density at radius 1 is 1.59 bits per heavy atom. The highest BCUT2D eigenvalue weighted by atomic mass is 19.1. The summed E-state index contributed by atoms with van der Waals surface area (Å²) in [6.07, 6.45) is 2.26. The minimum atomic E-state index is -0.523. The normalized spacial score (nSPS) is 20.2. The Bertz CT molecular complexity index is 442. The van der Waals surface area contributed by atoms with Crippen LogP contribution < -0.4 is 4.74 Å². The first-order chi connectivity index (χ1) is 8.22. The lowest BCUT2D eigenvalue weighted by Crippen LogP contribution is -2.30. The fraction of sp³-hybridized carbons (Fsp3) is 0.462. The Morgan fingerprint density at radius 2 is 2.41 bits per heavy atom. The molecule has 2 rings (SSSR count). The van der Waals surface area contributed by atoms with Crippen molar-refractivity contribution in [2.45, 2.75) is 18.9 Å². The lowest BCUT2D eigenvalue weighted by atomic mass is 10.2. The summed E-state index contributed by atoms with van der Waals surface area (Å²) in [6.45, 7) is 1.58. The minimum absolute atomic E-state index is 0.00634. The summed E-state index contributed by atoms with van der Waals surface area (Å²) >= 11 is 0. The lowest BCUT2D eigenvalue weighted by molar-refractivity contribution is 0.197. The molecule has 0 bridgehead atoms. The number of benzene rings is 1. The third kappa shape index (κ3) is 2.56. The number of hydrogen-bond acceptors (Lipinski definition) is 3. The SMILES string of the molecule is CN1CCCC1COc1cccc(F)c1C#N. The quantitative estimate of drug-likeness (QED) is 0.804. The van der Waals surface area contributed by atoms with Crippen molar-refractivity contribution in [3.63, 3.8) is 0 Å². The maximum absolute atomic E-state index is 13.3. The van der Waals surface area contributed by atoms with Gasteiger partial charge in [-0.2, -0.15) is 5.26 Å². The molecule has 0 aromatic heterocycles. The van der Waals surface area contributed by atoms with E-state index in [-0.39, 0.29) is 5.56 Å². The Kier molecular flexibility index (Phi) is 3.60. The van der Waals surface area contributed by atoms with Crippen LogP contribution in [0.5, 0.6) is 5.75 Å². The summed E-state index contributed by atoms with van der Waals surface area (Å²) in [6, 6.07) is 6.67. The second kappa shape index (κ2) is 5.15. The molecule has 1 heterocycles. The second-order valence-electron chi connectivity index (χ2n) is 4.31. The van der Waals surface area contributed by atoms with Crippen molar-refractivity contribution in [3.8, 4) is 11.8 Å². The van der Waals surface area contributed by atoms with Crippen LogP contribution in [0.1, 0.15) is 18.4 Å². The number of ether oxygens (including phenoxy) is 1. The molecule has 0 radical (unpaired) electrons. The average molecular weight is 234 g/mol. The number of halogens is 1. The number of hydrogen-bond donors (Lipinski definition) is 0. The van der Waals surface area contributed by atoms with Gasteiger partial charge in [0.15, 0.2) is 0 Å². The number of likely N-dealkylation sites (N-methyl/N-ethyl adjacent to an activating group) is 1. The van der Waals surface area contributed by atoms with E-state index < -0.39 is 5.82 Å². The predicted octanol–water partition coefficient (Wildman–Crippen LogP) is 2.17. The van der Waals surface area contributed by atoms with E-state index in [0.717, 1.165) is 13.0 Å². The number of rotatable bonds is 3. The topological polar surface area (TPSA) is 36.3 Å². The molecular formula is C13H15FN2O. The van der Waals surface area contributed by atoms with Crippen molar-refractivity contribution in [1.82, 2.24) is 4.90 Å². The highest BCUT2D eigenvalue weighted by molar-refractivity contribution is 5.43. The number of nitriles is 1. The zero-order valence-corrected chi connectivity index (χ0v) is 9.82. The van der Waals surface area contributed by atoms with Gasteiger partial charge in [-0.05, 0) is 38.6 Å². The first-order valence-corrected chi connectivity index (χ1v) is 5.74. The van der Waals surface area contributed by atoms with Crippen LogP contribution in [-0.4, -0.2) is 31.1 Å². The standard InChI is InChI=1S/C13H15FN2O/c1-16-7-3-4-10(16)9-17-13-6-2-5-12(14)11(13)8-15/h2,5-6,10H,3-4,7,9H2,1H3. The fourth-order valence-corrected chi connectivity index (χ4v) is 2.11. The molecule has 3 nitrogen and oxygen atoms in total. The average Bonchev–Trinajstić information content (AvgIpc) is 2.72. The van der Waals surface area contributed by atoms with E-state index in [9.17, 15) is 4.39 Å². The molecule has 1 aliphatic rings. The van der Waals surface area contributed by atoms with Crippen LogP contribution in [0.15, 0.2) is 18.2 Å². The van der Waals surface area contributed by atoms with Crippen LogP contribution in [0.3, 0.4) is 0 Å². The molecule has 1 saturated heterocycles. The van der Waals surface area contributed by atoms with Crippen LogP contribution in [0.4, 0.5) is 4.39 Å². The van der Waals surface area contributed by atoms with E-state index in [0.29, 0.717) is 18.4 Å². The molecule has 0 amide bonds. The number of nitrogens with zero attached hydrogens (tertiary/aromatic N) is 2. The fourth-order valence-electron chi connectivity index (χ4n) is 2.11. The lowest BCUT2D eigenvalue weighted by Gasteiger charge is -2.20. The summed E-state index contributed by atoms with van der Waals surface area (Å²) in [5.74, 6) is -0.183. The molecule has 1 aliphatic heterocycles. The maximum atomic E-state index is 13.3. The van der Waals surface area contributed by atoms with Gasteiger partial charge in [-0.15, -0.1) is 0 Å². The second-order valence-corrected chi connectivity index (χ2v) is 4.31. The van der Waals surface area contributed by atoms with E-state index in [1.165, 1.54) is 12.5 Å². The van der Waals surface area contributed by atoms with Crippen LogP contribution in [0, 0.1) is 17.1 Å². The van der Waals surface area contributed by atoms with Gasteiger partial charge in [0.05, 0.1) is 0 Å². The zero-order valence-electron chi connectivity index (χ0n) is 9.82. The minimum Gasteiger partial charge on any atom is -0.490 e. The summed E-state index contributed by atoms with van der Waals surface area (Å²) < 4.78 is 18.9. The molecule has 1 unspecified atom stereocenters. The van der Waals surface area contributed by atoms with Crippen LogP contribution in [0.2, 0.25) is 0 Å². The molecule has 0 aliphatic carbocycles. The van der Waals surface area contributed by atoms with Crippen molar-refractivity contribution in [2.75, 3.05) is 20.2 Å². The summed E-state index contributed by atoms with van der Waals surface area (Å²) in [5.41, 5.74) is -0.00634. The highest BCUT2D eigenvalue weighted by Crippen LogP contribution is 2.22. The zero-order chi connectivity index (χ0) is 12.3. The van der Waals surface area contributed by atoms with Gasteiger partial charge in [-0.1, -0.05) is 6.07 Å². The smallest absolute Gasteiger partial charge is 0.144 e. The molecule has 4 heteroatoms. The van der Waals surface area contributed by atoms with E-state index >= 15 is 0 Å². The van der Waals surface area contributed by atoms with Gasteiger partial charge in [-0.25, -0.2) is 4.39 Å². The Morgan fingerprint density at radius 3 is 3.06 bits per heavy atom. The van der Waals surface area contributed by atoms with Gasteiger partial charge in [0, 0.05) is 6.04 Å². The summed E-state index contributed by atoms with van der Waals surface area (Å²) in [4.78, 5) is 2.23. The first kappa shape index (κ1) is 11.9. The van der Waals surface area contributed by atoms with Crippen LogP contribution >= 0.6 is 0 Å². The van der Waals surface area contributed by atoms with Crippen molar-refractivity contribution in [1.29, 1.82) is 5.26 Å². The molecule has 1 aromatic carbocycles. The third-order valence-electron chi connectivity index (χ3n) is 3.19. The van der Waals surface area contributed by atoms with E-state index in [2.05, 4.69) is 11.9 Å². The third-order valence-corrected chi connectivity index (χ3v) is 3.19. The van der Waals surface area contributed by atoms with E-state index in [1.807, 2.05) is 6.07 Å². The Labute approximate surface area is 100 Å². The largest absolute Gasteiger partial charge is 0.490 e. The highest BCUT2D eigenvalue weighted by Gasteiger charge is 2.21. The van der Waals surface area contributed by atoms with E-state index in [1.54, 1.807) is 12.1 Å². The predicted molar refractivity (Wildman–Crippen MR) is 62.3 cm³/mol. The monoisotopic (exact) mass is 234 g/mol. The van der Waals surface area contributed by atoms with Crippen molar-refractivity contribution < 1.29 is 9.13 Å². The molecule has 1 aromatic rings. The van der Waals surface area contributed by atoms with Gasteiger partial charge in [0.2, 0.25) is 0 Å². The van der Waals surface area contributed by atoms with Gasteiger partial charge < -0.3 is 9.64 Å². The Balaban J connectivity index is 2.04. The molecule has 0 saturated carbocycles. The molecule has 90 valence electrons. The molecule has 0 spiro atoms. The molecular weight excluding hydrogens is 219 g/mol. The van der Waals surface area contributed by atoms with Crippen molar-refractivity contribution >= 4 is 0 Å². The van der Waals surface area contributed by atoms with Gasteiger partial charge in [-0.3, -0.25) is 0 Å². The summed E-state index contributed by atoms with van der Waals surface area (Å²) in [7, 11) is 2.05. The van der Waals surface area contributed by atoms with Gasteiger partial charge >= 0.3 is 0 Å². The molecule has 0 N–H and O–H groups in total. The summed E-state index contributed by atoms with van der Waals surface area (Å²) in [5, 5.41) is 8.86. The number of likely N-dealkylation sites (tertiary alicyclic amines) is 1. The maximum Gasteiger partial charge on any atom is 0.144 e. The van der Waals surface area contributed by atoms with E-state index in [4.69, 9.17) is 10.00 Å². The molecule has 17 heavy (non-hydrogen) atoms. The Hall–Kier alpha value is -1.60. The van der Waals surface area contributed by atoms with Gasteiger partial charge in [0.25, 0.3) is 0 Å². The van der Waals surface area contributed by atoms with Crippen molar-refractivity contribution in [2.24, 2.45) is 0 Å². The van der Waals surface area contributed by atoms with Crippen LogP contribution in [0.25, 0.3) is 0 Å². The van der Waals surface area contributed by atoms with Crippen molar-refractivity contribution in [3.05, 3.63) is 29.6 Å².